The van der Waals surface area contributed by atoms with Crippen LogP contribution in [0.5, 0.6) is 0 Å². The maximum Gasteiger partial charge on any atom is 0.245 e. The maximum atomic E-state index is 13.0. The van der Waals surface area contributed by atoms with Gasteiger partial charge in [-0.2, -0.15) is 0 Å². The largest absolute Gasteiger partial charge is 0.334 e. The summed E-state index contributed by atoms with van der Waals surface area (Å²) in [6, 6.07) is 0.686. The fraction of sp³-hybridized carbons (Fsp3) is 0.867. The van der Waals surface area contributed by atoms with E-state index in [9.17, 15) is 9.59 Å². The number of amides is 2. The maximum absolute atomic E-state index is 13.0. The number of nitrogens with one attached hydrogen (secondary N) is 1. The number of likely N-dealkylation sites (tertiary alicyclic amines) is 1. The lowest BCUT2D eigenvalue weighted by Gasteiger charge is -2.31. The van der Waals surface area contributed by atoms with Gasteiger partial charge in [0.2, 0.25) is 11.8 Å². The molecule has 6 heteroatoms. The molecule has 2 amide bonds. The van der Waals surface area contributed by atoms with E-state index < -0.39 is 0 Å². The molecular formula is C15H24ClN3O2. The van der Waals surface area contributed by atoms with Crippen LogP contribution in [0.3, 0.4) is 0 Å². The Morgan fingerprint density at radius 2 is 1.67 bits per heavy atom. The monoisotopic (exact) mass is 313 g/mol. The zero-order valence-electron chi connectivity index (χ0n) is 12.5. The van der Waals surface area contributed by atoms with Crippen molar-refractivity contribution in [2.24, 2.45) is 11.8 Å². The van der Waals surface area contributed by atoms with Crippen LogP contribution in [-0.2, 0) is 9.59 Å². The molecule has 118 valence electrons. The number of hydrogen-bond acceptors (Lipinski definition) is 3. The lowest BCUT2D eigenvalue weighted by atomic mass is 9.82. The highest BCUT2D eigenvalue weighted by Gasteiger charge is 2.57. The number of rotatable bonds is 1. The van der Waals surface area contributed by atoms with Crippen LogP contribution in [0.25, 0.3) is 0 Å². The second kappa shape index (κ2) is 5.43. The molecule has 4 rings (SSSR count). The molecule has 4 aliphatic rings. The molecule has 1 N–H and O–H groups in total. The van der Waals surface area contributed by atoms with Gasteiger partial charge in [-0.1, -0.05) is 0 Å². The molecule has 4 aliphatic heterocycles. The van der Waals surface area contributed by atoms with Gasteiger partial charge in [-0.25, -0.2) is 0 Å². The molecule has 0 unspecified atom stereocenters. The second-order valence-electron chi connectivity index (χ2n) is 6.81. The predicted octanol–water partition coefficient (Wildman–Crippen LogP) is 0.628. The van der Waals surface area contributed by atoms with E-state index in [0.717, 1.165) is 45.3 Å². The zero-order chi connectivity index (χ0) is 13.9. The topological polar surface area (TPSA) is 52.7 Å². The van der Waals surface area contributed by atoms with Crippen LogP contribution < -0.4 is 5.32 Å². The minimum absolute atomic E-state index is 0. The van der Waals surface area contributed by atoms with Gasteiger partial charge in [0.15, 0.2) is 0 Å². The summed E-state index contributed by atoms with van der Waals surface area (Å²) in [7, 11) is 0. The van der Waals surface area contributed by atoms with Crippen molar-refractivity contribution in [3.63, 3.8) is 0 Å². The summed E-state index contributed by atoms with van der Waals surface area (Å²) in [6.45, 7) is 4.47. The first-order chi connectivity index (χ1) is 9.68. The molecule has 4 fully saturated rings. The van der Waals surface area contributed by atoms with E-state index in [4.69, 9.17) is 0 Å². The SMILES string of the molecule is CC(=O)N1CCC[C@H]1C(=O)N1[C@@H]2CC[C@H]1[C@H]1CNC[C@H]12.Cl. The summed E-state index contributed by atoms with van der Waals surface area (Å²) < 4.78 is 0. The molecule has 0 radical (unpaired) electrons. The van der Waals surface area contributed by atoms with Crippen molar-refractivity contribution in [2.75, 3.05) is 19.6 Å². The molecule has 4 heterocycles. The fourth-order valence-electron chi connectivity index (χ4n) is 5.17. The molecular weight excluding hydrogens is 290 g/mol. The van der Waals surface area contributed by atoms with E-state index in [2.05, 4.69) is 10.2 Å². The standard InChI is InChI=1S/C15H23N3O2.ClH/c1-9(19)17-6-2-3-14(17)15(20)18-12-4-5-13(18)11-8-16-7-10(11)12;/h10-14,16H,2-8H2,1H3;1H/t10-,11+,12-,13+,14-;/m0./s1. The van der Waals surface area contributed by atoms with E-state index in [0.29, 0.717) is 23.9 Å². The molecule has 0 saturated carbocycles. The van der Waals surface area contributed by atoms with Crippen molar-refractivity contribution < 1.29 is 9.59 Å². The first-order valence-electron chi connectivity index (χ1n) is 7.98. The Kier molecular flexibility index (Phi) is 3.91. The third-order valence-electron chi connectivity index (χ3n) is 5.97. The minimum Gasteiger partial charge on any atom is -0.334 e. The lowest BCUT2D eigenvalue weighted by Crippen LogP contribution is -2.50. The van der Waals surface area contributed by atoms with E-state index in [1.165, 1.54) is 0 Å². The zero-order valence-corrected chi connectivity index (χ0v) is 13.3. The van der Waals surface area contributed by atoms with Crippen LogP contribution in [0.4, 0.5) is 0 Å². The van der Waals surface area contributed by atoms with Crippen molar-refractivity contribution in [1.29, 1.82) is 0 Å². The van der Waals surface area contributed by atoms with Crippen molar-refractivity contribution in [3.8, 4) is 0 Å². The number of hydrogen-bond donors (Lipinski definition) is 1. The Labute approximate surface area is 131 Å². The third-order valence-corrected chi connectivity index (χ3v) is 5.97. The smallest absolute Gasteiger partial charge is 0.245 e. The molecule has 0 aromatic heterocycles. The number of halogens is 1. The molecule has 5 atom stereocenters. The molecule has 21 heavy (non-hydrogen) atoms. The fourth-order valence-corrected chi connectivity index (χ4v) is 5.17. The van der Waals surface area contributed by atoms with Crippen molar-refractivity contribution in [3.05, 3.63) is 0 Å². The van der Waals surface area contributed by atoms with Crippen molar-refractivity contribution >= 4 is 24.2 Å². The number of carbonyl (C=O) groups is 2. The van der Waals surface area contributed by atoms with Gasteiger partial charge in [0.1, 0.15) is 6.04 Å². The summed E-state index contributed by atoms with van der Waals surface area (Å²) in [6.07, 6.45) is 4.13. The number of fused-ring (bicyclic) bond motifs is 5. The third kappa shape index (κ3) is 2.08. The Balaban J connectivity index is 0.00000132. The Morgan fingerprint density at radius 1 is 1.05 bits per heavy atom. The average molecular weight is 314 g/mol. The summed E-state index contributed by atoms with van der Waals surface area (Å²) in [4.78, 5) is 28.6. The Morgan fingerprint density at radius 3 is 2.24 bits per heavy atom. The predicted molar refractivity (Wildman–Crippen MR) is 81.2 cm³/mol. The van der Waals surface area contributed by atoms with E-state index >= 15 is 0 Å². The summed E-state index contributed by atoms with van der Waals surface area (Å²) in [5, 5.41) is 3.48. The molecule has 0 spiro atoms. The number of carbonyl (C=O) groups excluding carboxylic acids is 2. The first kappa shape index (κ1) is 15.1. The van der Waals surface area contributed by atoms with Crippen LogP contribution in [0.2, 0.25) is 0 Å². The number of nitrogens with zero attached hydrogens (tertiary/aromatic N) is 2. The summed E-state index contributed by atoms with van der Waals surface area (Å²) in [5.74, 6) is 1.60. The molecule has 4 saturated heterocycles. The van der Waals surface area contributed by atoms with Crippen molar-refractivity contribution in [1.82, 2.24) is 15.1 Å². The van der Waals surface area contributed by atoms with Gasteiger partial charge in [0.25, 0.3) is 0 Å². The molecule has 0 aliphatic carbocycles. The van der Waals surface area contributed by atoms with Gasteiger partial charge in [-0.3, -0.25) is 9.59 Å². The van der Waals surface area contributed by atoms with Crippen LogP contribution in [0.1, 0.15) is 32.6 Å². The highest BCUT2D eigenvalue weighted by Crippen LogP contribution is 2.48. The normalized spacial score (nSPS) is 40.3. The molecule has 0 aromatic carbocycles. The summed E-state index contributed by atoms with van der Waals surface area (Å²) >= 11 is 0. The van der Waals surface area contributed by atoms with Crippen LogP contribution in [-0.4, -0.2) is 59.4 Å². The van der Waals surface area contributed by atoms with Crippen molar-refractivity contribution in [2.45, 2.75) is 50.7 Å². The quantitative estimate of drug-likeness (QED) is 0.772. The van der Waals surface area contributed by atoms with E-state index in [1.54, 1.807) is 11.8 Å². The van der Waals surface area contributed by atoms with E-state index in [1.807, 2.05) is 0 Å². The van der Waals surface area contributed by atoms with Gasteiger partial charge in [-0.15, -0.1) is 12.4 Å². The highest BCUT2D eigenvalue weighted by molar-refractivity contribution is 5.88. The molecule has 5 nitrogen and oxygen atoms in total. The first-order valence-corrected chi connectivity index (χ1v) is 7.98. The Bertz CT molecular complexity index is 440. The van der Waals surface area contributed by atoms with Crippen LogP contribution in [0.15, 0.2) is 0 Å². The molecule has 0 aromatic rings. The Hall–Kier alpha value is -0.810. The minimum atomic E-state index is -0.178. The van der Waals surface area contributed by atoms with Gasteiger partial charge >= 0.3 is 0 Å². The van der Waals surface area contributed by atoms with E-state index in [-0.39, 0.29) is 30.3 Å². The summed E-state index contributed by atoms with van der Waals surface area (Å²) in [5.41, 5.74) is 0. The average Bonchev–Trinajstić information content (AvgIpc) is 3.18. The van der Waals surface area contributed by atoms with Crippen LogP contribution >= 0.6 is 12.4 Å². The molecule has 2 bridgehead atoms. The van der Waals surface area contributed by atoms with Gasteiger partial charge in [0.05, 0.1) is 0 Å². The van der Waals surface area contributed by atoms with Gasteiger partial charge < -0.3 is 15.1 Å². The second-order valence-corrected chi connectivity index (χ2v) is 6.81. The van der Waals surface area contributed by atoms with Crippen LogP contribution in [0, 0.1) is 11.8 Å². The van der Waals surface area contributed by atoms with Gasteiger partial charge in [-0.05, 0) is 37.5 Å². The lowest BCUT2D eigenvalue weighted by molar-refractivity contribution is -0.144. The highest BCUT2D eigenvalue weighted by atomic mass is 35.5. The van der Waals surface area contributed by atoms with Gasteiger partial charge in [0, 0.05) is 38.6 Å².